The number of nitrogens with zero attached hydrogens (tertiary/aromatic N) is 6. The number of hydrogen-bond acceptors (Lipinski definition) is 6. The summed E-state index contributed by atoms with van der Waals surface area (Å²) in [6.07, 6.45) is 3.39. The molecule has 0 fully saturated rings. The third-order valence-electron chi connectivity index (χ3n) is 26.3. The molecule has 0 heterocycles. The smallest absolute Gasteiger partial charge is 0.0618 e. The molecule has 6 heteroatoms. The van der Waals surface area contributed by atoms with Crippen LogP contribution in [0.2, 0.25) is 0 Å². The van der Waals surface area contributed by atoms with Gasteiger partial charge in [-0.25, -0.2) is 0 Å². The molecule has 0 aromatic heterocycles. The van der Waals surface area contributed by atoms with E-state index >= 15 is 0 Å². The van der Waals surface area contributed by atoms with Gasteiger partial charge in [0.1, 0.15) is 0 Å². The van der Waals surface area contributed by atoms with Crippen LogP contribution in [0.1, 0.15) is 95.2 Å². The van der Waals surface area contributed by atoms with Gasteiger partial charge in [-0.05, 0) is 297 Å². The molecule has 21 aromatic rings. The lowest BCUT2D eigenvalue weighted by molar-refractivity contribution is 0.733. The minimum absolute atomic E-state index is 0.534. The fourth-order valence-corrected chi connectivity index (χ4v) is 18.7. The minimum atomic E-state index is 0.534. The van der Waals surface area contributed by atoms with E-state index in [9.17, 15) is 0 Å². The van der Waals surface area contributed by atoms with Crippen LogP contribution in [0, 0.1) is 0 Å². The van der Waals surface area contributed by atoms with Gasteiger partial charge >= 0.3 is 0 Å². The van der Waals surface area contributed by atoms with E-state index in [1.807, 2.05) is 0 Å². The van der Waals surface area contributed by atoms with Gasteiger partial charge in [-0.3, -0.25) is 0 Å². The van der Waals surface area contributed by atoms with E-state index in [-0.39, 0.29) is 0 Å². The molecule has 0 N–H and O–H groups in total. The maximum absolute atomic E-state index is 2.43. The second-order valence-corrected chi connectivity index (χ2v) is 34.7. The van der Waals surface area contributed by atoms with Crippen LogP contribution in [0.25, 0.3) is 65.0 Å². The van der Waals surface area contributed by atoms with Gasteiger partial charge in [0, 0.05) is 113 Å². The van der Waals surface area contributed by atoms with Gasteiger partial charge in [0.05, 0.1) is 11.4 Å². The third-order valence-corrected chi connectivity index (χ3v) is 26.3. The summed E-state index contributed by atoms with van der Waals surface area (Å²) in [6, 6.07) is 181. The van der Waals surface area contributed by atoms with Crippen LogP contribution in [0.3, 0.4) is 0 Å². The number of fused-ring (bicyclic) bond motifs is 5. The molecule has 0 spiro atoms. The summed E-state index contributed by atoms with van der Waals surface area (Å²) in [5.74, 6) is 1.62. The number of hydrogen-bond donors (Lipinski definition) is 0. The molecule has 0 bridgehead atoms. The molecule has 0 aliphatic rings. The third kappa shape index (κ3) is 18.7. The number of para-hydroxylation sites is 6. The topological polar surface area (TPSA) is 19.4 Å². The molecule has 0 amide bonds. The van der Waals surface area contributed by atoms with Crippen molar-refractivity contribution in [2.24, 2.45) is 0 Å². The van der Waals surface area contributed by atoms with Crippen LogP contribution in [-0.4, -0.2) is 0 Å². The maximum Gasteiger partial charge on any atom is 0.0618 e. The van der Waals surface area contributed by atoms with Crippen LogP contribution in [0.4, 0.5) is 102 Å². The Morgan fingerprint density at radius 1 is 0.157 bits per heavy atom. The lowest BCUT2D eigenvalue weighted by Crippen LogP contribution is -2.13. The minimum Gasteiger partial charge on any atom is -0.311 e. The second-order valence-electron chi connectivity index (χ2n) is 34.7. The van der Waals surface area contributed by atoms with Crippen LogP contribution in [0.5, 0.6) is 0 Å². The zero-order valence-electron chi connectivity index (χ0n) is 77.0. The van der Waals surface area contributed by atoms with Crippen molar-refractivity contribution in [3.8, 4) is 11.1 Å². The van der Waals surface area contributed by atoms with Gasteiger partial charge in [-0.15, -0.1) is 0 Å². The molecule has 21 aromatic carbocycles. The fraction of sp³-hybridized carbons (Fsp3) is 0.0938. The Balaban J connectivity index is 0.000000130. The van der Waals surface area contributed by atoms with E-state index in [1.54, 1.807) is 0 Å². The summed E-state index contributed by atoms with van der Waals surface area (Å²) >= 11 is 0. The Bertz CT molecular complexity index is 7290. The molecule has 0 saturated carbocycles. The molecule has 134 heavy (non-hydrogen) atoms. The predicted octanol–water partition coefficient (Wildman–Crippen LogP) is 37.9. The summed E-state index contributed by atoms with van der Waals surface area (Å²) in [5, 5.41) is 12.3. The monoisotopic (exact) mass is 1730 g/mol. The van der Waals surface area contributed by atoms with Gasteiger partial charge in [0.25, 0.3) is 0 Å². The first kappa shape index (κ1) is 87.1. The maximum atomic E-state index is 2.43. The Hall–Kier alpha value is -16.3. The van der Waals surface area contributed by atoms with Crippen molar-refractivity contribution in [2.45, 2.75) is 78.6 Å². The van der Waals surface area contributed by atoms with Crippen LogP contribution < -0.4 is 29.4 Å². The lowest BCUT2D eigenvalue weighted by Gasteiger charge is -2.30. The average molecular weight is 1730 g/mol. The van der Waals surface area contributed by atoms with Crippen molar-refractivity contribution in [1.29, 1.82) is 0 Å². The van der Waals surface area contributed by atoms with E-state index < -0.39 is 0 Å². The highest BCUT2D eigenvalue weighted by Gasteiger charge is 2.26. The number of benzene rings is 21. The average Bonchev–Trinajstić information content (AvgIpc) is 0.724. The van der Waals surface area contributed by atoms with E-state index in [0.717, 1.165) is 110 Å². The summed E-state index contributed by atoms with van der Waals surface area (Å²) in [5.41, 5.74) is 27.0. The first-order valence-corrected chi connectivity index (χ1v) is 47.2. The quantitative estimate of drug-likeness (QED) is 0.0528. The molecule has 3 atom stereocenters. The SMILES string of the molecule is CCC(C)c1ccc(N(c2ccc(N(c3ccccc3)c3ccccc3)cc2)c2ccc3ccccc3c2)cc1.CCC(C)c1ccc(N(c2ccccc2)c2ccc(N(c3ccccc3)c3c4ccccc4c(-c4ccccc4)c4ccccc34)cc2)cc1.CCC(C)c1ccc(N(c2ccccc2)c2ccc(N(c3ccccc3)c3c4ccccc4cc4ccccc34)cc2)cc1. The zero-order valence-corrected chi connectivity index (χ0v) is 77.0. The highest BCUT2D eigenvalue weighted by Crippen LogP contribution is 2.51. The van der Waals surface area contributed by atoms with E-state index in [0.29, 0.717) is 17.8 Å². The van der Waals surface area contributed by atoms with E-state index in [2.05, 4.69) is 574 Å². The number of anilines is 18. The van der Waals surface area contributed by atoms with Crippen molar-refractivity contribution in [3.05, 3.63) is 520 Å². The zero-order chi connectivity index (χ0) is 91.1. The summed E-state index contributed by atoms with van der Waals surface area (Å²) in [4.78, 5) is 14.2. The van der Waals surface area contributed by atoms with Crippen molar-refractivity contribution in [2.75, 3.05) is 29.4 Å². The highest BCUT2D eigenvalue weighted by atomic mass is 15.2. The first-order valence-electron chi connectivity index (χ1n) is 47.2. The fourth-order valence-electron chi connectivity index (χ4n) is 18.7. The Kier molecular flexibility index (Phi) is 26.5. The van der Waals surface area contributed by atoms with E-state index in [4.69, 9.17) is 0 Å². The molecule has 0 radical (unpaired) electrons. The van der Waals surface area contributed by atoms with Crippen LogP contribution in [0.15, 0.2) is 504 Å². The van der Waals surface area contributed by atoms with Crippen molar-refractivity contribution in [1.82, 2.24) is 0 Å². The lowest BCUT2D eigenvalue weighted by atomic mass is 9.90. The van der Waals surface area contributed by atoms with Gasteiger partial charge < -0.3 is 29.4 Å². The van der Waals surface area contributed by atoms with Gasteiger partial charge in [-0.2, -0.15) is 0 Å². The second kappa shape index (κ2) is 40.8. The number of rotatable bonds is 25. The molecule has 0 aliphatic carbocycles. The normalized spacial score (nSPS) is 11.8. The van der Waals surface area contributed by atoms with Crippen molar-refractivity contribution < 1.29 is 0 Å². The summed E-state index contributed by atoms with van der Waals surface area (Å²) < 4.78 is 0. The van der Waals surface area contributed by atoms with Crippen LogP contribution >= 0.6 is 0 Å². The van der Waals surface area contributed by atoms with Crippen molar-refractivity contribution in [3.63, 3.8) is 0 Å². The Labute approximate surface area is 790 Å². The van der Waals surface area contributed by atoms with Crippen LogP contribution in [-0.2, 0) is 0 Å². The van der Waals surface area contributed by atoms with Crippen molar-refractivity contribution >= 4 is 156 Å². The van der Waals surface area contributed by atoms with Gasteiger partial charge in [0.2, 0.25) is 0 Å². The molecule has 21 rings (SSSR count). The molecule has 0 saturated heterocycles. The molecule has 0 aliphatic heterocycles. The molecule has 3 unspecified atom stereocenters. The summed E-state index contributed by atoms with van der Waals surface area (Å²) in [6.45, 7) is 13.6. The summed E-state index contributed by atoms with van der Waals surface area (Å²) in [7, 11) is 0. The molecular formula is C128H110N6. The standard InChI is InChI=1S/C48H40N2.C42H36N2.C38H34N2/c1-3-35(2)36-27-29-40(30-28-36)49(38-19-9-5-10-20-38)41-31-33-42(34-32-41)50(39-21-11-6-12-22-39)48-45-25-15-13-23-43(45)47(37-17-7-4-8-18-37)44-24-14-16-26-46(44)48;1-3-31(2)32-22-24-37(25-23-32)43(35-16-6-4-7-17-35)38-26-28-39(29-27-38)44(36-18-8-5-9-19-36)42-40-20-12-10-14-33(40)30-34-15-11-13-21-41(34)42;1-3-29(2)30-18-21-35(22-19-30)40(38-23-20-31-12-10-11-13-32(31)28-38)37-26-24-36(25-27-37)39(33-14-6-4-7-15-33)34-16-8-5-9-17-34/h4-35H,3H2,1-2H3;4-31H,3H2,1-2H3;4-29H,3H2,1-2H3. The van der Waals surface area contributed by atoms with E-state index in [1.165, 1.54) is 93.1 Å². The molecular weight excluding hydrogens is 1620 g/mol. The molecule has 6 nitrogen and oxygen atoms in total. The van der Waals surface area contributed by atoms with Gasteiger partial charge in [0.15, 0.2) is 0 Å². The first-order chi connectivity index (χ1) is 66.1. The van der Waals surface area contributed by atoms with Gasteiger partial charge in [-0.1, -0.05) is 345 Å². The highest BCUT2D eigenvalue weighted by molar-refractivity contribution is 6.22. The Morgan fingerprint density at radius 3 is 0.657 bits per heavy atom. The largest absolute Gasteiger partial charge is 0.311 e. The Morgan fingerprint density at radius 2 is 0.358 bits per heavy atom. The predicted molar refractivity (Wildman–Crippen MR) is 577 cm³/mol. The molecule has 652 valence electrons.